The maximum absolute atomic E-state index is 11.6. The number of amides is 1. The summed E-state index contributed by atoms with van der Waals surface area (Å²) in [6.45, 7) is 9.26. The van der Waals surface area contributed by atoms with Gasteiger partial charge in [-0.25, -0.2) is 14.6 Å². The quantitative estimate of drug-likeness (QED) is 0.293. The second-order valence-electron chi connectivity index (χ2n) is 5.33. The third kappa shape index (κ3) is 7.91. The number of rotatable bonds is 9. The summed E-state index contributed by atoms with van der Waals surface area (Å²) in [4.78, 5) is 32.0. The standard InChI is InChI=1S/C14H25NO5/c1-6-14(4,5)15-12(16)7-8-19-20-9-10(2)11(3)13(17)18/h6-9H2,1-5H3,(H,15,16)(H,17,18)/b11-10-. The lowest BCUT2D eigenvalue weighted by Gasteiger charge is -2.24. The topological polar surface area (TPSA) is 84.9 Å². The molecule has 0 aromatic rings. The van der Waals surface area contributed by atoms with Crippen molar-refractivity contribution in [2.45, 2.75) is 53.0 Å². The first kappa shape index (κ1) is 18.6. The van der Waals surface area contributed by atoms with Gasteiger partial charge in [0, 0.05) is 11.1 Å². The lowest BCUT2D eigenvalue weighted by Crippen LogP contribution is -2.43. The van der Waals surface area contributed by atoms with Gasteiger partial charge in [-0.2, -0.15) is 0 Å². The second-order valence-corrected chi connectivity index (χ2v) is 5.33. The number of carboxylic acid groups (broad SMARTS) is 1. The predicted molar refractivity (Wildman–Crippen MR) is 75.0 cm³/mol. The molecule has 0 aliphatic rings. The molecule has 0 radical (unpaired) electrons. The van der Waals surface area contributed by atoms with Gasteiger partial charge in [-0.3, -0.25) is 4.79 Å². The van der Waals surface area contributed by atoms with Crippen LogP contribution < -0.4 is 5.32 Å². The molecule has 0 rings (SSSR count). The fourth-order valence-electron chi connectivity index (χ4n) is 1.14. The smallest absolute Gasteiger partial charge is 0.331 e. The Morgan fingerprint density at radius 1 is 1.20 bits per heavy atom. The predicted octanol–water partition coefficient (Wildman–Crippen LogP) is 2.05. The van der Waals surface area contributed by atoms with Crippen molar-refractivity contribution >= 4 is 11.9 Å². The molecular formula is C14H25NO5. The normalized spacial score (nSPS) is 12.8. The Hall–Kier alpha value is -1.40. The number of carbonyl (C=O) groups excluding carboxylic acids is 1. The molecule has 0 aliphatic heterocycles. The molecule has 0 heterocycles. The van der Waals surface area contributed by atoms with E-state index in [9.17, 15) is 9.59 Å². The van der Waals surface area contributed by atoms with Crippen LogP contribution in [0.4, 0.5) is 0 Å². The first-order chi connectivity index (χ1) is 9.19. The highest BCUT2D eigenvalue weighted by Gasteiger charge is 2.17. The molecule has 0 aromatic heterocycles. The summed E-state index contributed by atoms with van der Waals surface area (Å²) in [7, 11) is 0. The molecule has 1 amide bonds. The largest absolute Gasteiger partial charge is 0.478 e. The molecule has 0 fully saturated rings. The van der Waals surface area contributed by atoms with Crippen LogP contribution >= 0.6 is 0 Å². The molecule has 20 heavy (non-hydrogen) atoms. The highest BCUT2D eigenvalue weighted by Crippen LogP contribution is 2.07. The maximum Gasteiger partial charge on any atom is 0.331 e. The SMILES string of the molecule is CCC(C)(C)NC(=O)CCOOC/C(C)=C(/C)C(=O)O. The van der Waals surface area contributed by atoms with Crippen molar-refractivity contribution < 1.29 is 24.5 Å². The first-order valence-electron chi connectivity index (χ1n) is 6.64. The molecule has 116 valence electrons. The highest BCUT2D eigenvalue weighted by atomic mass is 17.2. The summed E-state index contributed by atoms with van der Waals surface area (Å²) in [6.07, 6.45) is 1.04. The van der Waals surface area contributed by atoms with Crippen LogP contribution in [-0.4, -0.2) is 35.7 Å². The Kier molecular flexibility index (Phi) is 8.10. The van der Waals surface area contributed by atoms with Gasteiger partial charge in [0.2, 0.25) is 5.91 Å². The number of carbonyl (C=O) groups is 2. The van der Waals surface area contributed by atoms with Crippen molar-refractivity contribution in [3.05, 3.63) is 11.1 Å². The number of hydrogen-bond acceptors (Lipinski definition) is 4. The fraction of sp³-hybridized carbons (Fsp3) is 0.714. The number of hydrogen-bond donors (Lipinski definition) is 2. The molecular weight excluding hydrogens is 262 g/mol. The zero-order valence-corrected chi connectivity index (χ0v) is 12.9. The number of nitrogens with one attached hydrogen (secondary N) is 1. The third-order valence-electron chi connectivity index (χ3n) is 3.09. The van der Waals surface area contributed by atoms with Crippen molar-refractivity contribution in [2.75, 3.05) is 13.2 Å². The van der Waals surface area contributed by atoms with Crippen LogP contribution in [0.5, 0.6) is 0 Å². The lowest BCUT2D eigenvalue weighted by atomic mass is 10.0. The van der Waals surface area contributed by atoms with Crippen LogP contribution in [-0.2, 0) is 19.4 Å². The van der Waals surface area contributed by atoms with Gasteiger partial charge in [-0.05, 0) is 39.7 Å². The Balaban J connectivity index is 3.86. The monoisotopic (exact) mass is 287 g/mol. The maximum atomic E-state index is 11.6. The molecule has 0 unspecified atom stereocenters. The summed E-state index contributed by atoms with van der Waals surface area (Å²) in [5, 5.41) is 11.6. The van der Waals surface area contributed by atoms with E-state index >= 15 is 0 Å². The van der Waals surface area contributed by atoms with Gasteiger partial charge in [0.15, 0.2) is 0 Å². The van der Waals surface area contributed by atoms with E-state index < -0.39 is 5.97 Å². The second kappa shape index (κ2) is 8.71. The van der Waals surface area contributed by atoms with Gasteiger partial charge in [0.1, 0.15) is 6.61 Å². The molecule has 0 aromatic carbocycles. The Labute approximate surface area is 120 Å². The van der Waals surface area contributed by atoms with Crippen LogP contribution in [0.1, 0.15) is 47.5 Å². The van der Waals surface area contributed by atoms with Crippen LogP contribution in [0.25, 0.3) is 0 Å². The van der Waals surface area contributed by atoms with Crippen LogP contribution in [0.15, 0.2) is 11.1 Å². The van der Waals surface area contributed by atoms with E-state index in [-0.39, 0.29) is 36.7 Å². The summed E-state index contributed by atoms with van der Waals surface area (Å²) >= 11 is 0. The van der Waals surface area contributed by atoms with E-state index in [2.05, 4.69) is 5.32 Å². The van der Waals surface area contributed by atoms with Gasteiger partial charge in [-0.15, -0.1) is 0 Å². The van der Waals surface area contributed by atoms with Crippen LogP contribution in [0, 0.1) is 0 Å². The lowest BCUT2D eigenvalue weighted by molar-refractivity contribution is -0.287. The van der Waals surface area contributed by atoms with Crippen molar-refractivity contribution in [2.24, 2.45) is 0 Å². The van der Waals surface area contributed by atoms with Crippen molar-refractivity contribution in [3.8, 4) is 0 Å². The molecule has 6 heteroatoms. The van der Waals surface area contributed by atoms with Crippen LogP contribution in [0.3, 0.4) is 0 Å². The van der Waals surface area contributed by atoms with E-state index in [0.717, 1.165) is 6.42 Å². The van der Waals surface area contributed by atoms with Gasteiger partial charge < -0.3 is 10.4 Å². The molecule has 0 spiro atoms. The molecule has 0 atom stereocenters. The van der Waals surface area contributed by atoms with E-state index in [1.165, 1.54) is 6.92 Å². The van der Waals surface area contributed by atoms with Crippen LogP contribution in [0.2, 0.25) is 0 Å². The van der Waals surface area contributed by atoms with E-state index in [4.69, 9.17) is 14.9 Å². The van der Waals surface area contributed by atoms with E-state index in [0.29, 0.717) is 5.57 Å². The zero-order chi connectivity index (χ0) is 15.8. The summed E-state index contributed by atoms with van der Waals surface area (Å²) in [6, 6.07) is 0. The third-order valence-corrected chi connectivity index (χ3v) is 3.09. The molecule has 6 nitrogen and oxygen atoms in total. The number of aliphatic carboxylic acids is 1. The van der Waals surface area contributed by atoms with Crippen molar-refractivity contribution in [1.82, 2.24) is 5.32 Å². The number of carboxylic acids is 1. The molecule has 0 aliphatic carbocycles. The van der Waals surface area contributed by atoms with Gasteiger partial charge >= 0.3 is 5.97 Å². The Morgan fingerprint density at radius 3 is 2.30 bits per heavy atom. The van der Waals surface area contributed by atoms with Gasteiger partial charge in [0.25, 0.3) is 0 Å². The van der Waals surface area contributed by atoms with Gasteiger partial charge in [0.05, 0.1) is 13.0 Å². The zero-order valence-electron chi connectivity index (χ0n) is 12.9. The molecule has 0 saturated carbocycles. The summed E-state index contributed by atoms with van der Waals surface area (Å²) in [5.41, 5.74) is 0.584. The molecule has 2 N–H and O–H groups in total. The average molecular weight is 287 g/mol. The first-order valence-corrected chi connectivity index (χ1v) is 6.64. The van der Waals surface area contributed by atoms with Crippen molar-refractivity contribution in [1.29, 1.82) is 0 Å². The van der Waals surface area contributed by atoms with Gasteiger partial charge in [-0.1, -0.05) is 6.92 Å². The minimum absolute atomic E-state index is 0.0696. The summed E-state index contributed by atoms with van der Waals surface area (Å²) in [5.74, 6) is -1.08. The fourth-order valence-corrected chi connectivity index (χ4v) is 1.14. The van der Waals surface area contributed by atoms with Crippen molar-refractivity contribution in [3.63, 3.8) is 0 Å². The highest BCUT2D eigenvalue weighted by molar-refractivity contribution is 5.86. The summed E-state index contributed by atoms with van der Waals surface area (Å²) < 4.78 is 0. The minimum Gasteiger partial charge on any atom is -0.478 e. The van der Waals surface area contributed by atoms with E-state index in [1.54, 1.807) is 6.92 Å². The van der Waals surface area contributed by atoms with E-state index in [1.807, 2.05) is 20.8 Å². The Morgan fingerprint density at radius 2 is 1.80 bits per heavy atom. The molecule has 0 bridgehead atoms. The molecule has 0 saturated heterocycles. The Bertz CT molecular complexity index is 374. The minimum atomic E-state index is -0.979. The average Bonchev–Trinajstić information content (AvgIpc) is 2.36.